The zero-order valence-corrected chi connectivity index (χ0v) is 11.7. The summed E-state index contributed by atoms with van der Waals surface area (Å²) in [7, 11) is 1.45. The summed E-state index contributed by atoms with van der Waals surface area (Å²) in [6.07, 6.45) is 1.34. The van der Waals surface area contributed by atoms with E-state index in [2.05, 4.69) is 10.3 Å². The molecule has 1 heterocycles. The lowest BCUT2D eigenvalue weighted by molar-refractivity contribution is 0.0691. The molecule has 7 heteroatoms. The summed E-state index contributed by atoms with van der Waals surface area (Å²) in [6, 6.07) is 7.45. The van der Waals surface area contributed by atoms with Crippen molar-refractivity contribution in [2.75, 3.05) is 12.4 Å². The fourth-order valence-electron chi connectivity index (χ4n) is 1.72. The number of anilines is 1. The molecule has 0 aliphatic heterocycles. The number of hydrogen-bond donors (Lipinski definition) is 2. The zero-order chi connectivity index (χ0) is 15.4. The van der Waals surface area contributed by atoms with E-state index in [9.17, 15) is 9.59 Å². The highest BCUT2D eigenvalue weighted by Crippen LogP contribution is 2.28. The molecule has 0 bridgehead atoms. The molecule has 2 aromatic rings. The van der Waals surface area contributed by atoms with Crippen LogP contribution >= 0.6 is 11.6 Å². The molecule has 108 valence electrons. The average Bonchev–Trinajstić information content (AvgIpc) is 2.47. The van der Waals surface area contributed by atoms with Gasteiger partial charge in [0.1, 0.15) is 11.4 Å². The number of aromatic nitrogens is 1. The van der Waals surface area contributed by atoms with E-state index in [4.69, 9.17) is 21.4 Å². The van der Waals surface area contributed by atoms with Gasteiger partial charge in [-0.15, -0.1) is 0 Å². The number of methoxy groups -OCH3 is 1. The Morgan fingerprint density at radius 2 is 2.10 bits per heavy atom. The Morgan fingerprint density at radius 1 is 1.33 bits per heavy atom. The van der Waals surface area contributed by atoms with Crippen LogP contribution in [0.1, 0.15) is 20.8 Å². The number of benzene rings is 1. The lowest BCUT2D eigenvalue weighted by atomic mass is 10.2. The molecule has 0 radical (unpaired) electrons. The van der Waals surface area contributed by atoms with Crippen LogP contribution < -0.4 is 10.1 Å². The molecular formula is C14H11ClN2O4. The number of carboxylic acids is 1. The van der Waals surface area contributed by atoms with Crippen LogP contribution in [0.5, 0.6) is 5.75 Å². The van der Waals surface area contributed by atoms with E-state index < -0.39 is 11.9 Å². The third-order valence-corrected chi connectivity index (χ3v) is 2.90. The monoisotopic (exact) mass is 306 g/mol. The van der Waals surface area contributed by atoms with E-state index in [0.717, 1.165) is 0 Å². The molecule has 2 rings (SSSR count). The van der Waals surface area contributed by atoms with Gasteiger partial charge >= 0.3 is 5.97 Å². The Balaban J connectivity index is 2.35. The van der Waals surface area contributed by atoms with Crippen molar-refractivity contribution in [1.29, 1.82) is 0 Å². The molecule has 0 aliphatic rings. The number of rotatable bonds is 4. The lowest BCUT2D eigenvalue weighted by Gasteiger charge is -2.11. The van der Waals surface area contributed by atoms with Crippen molar-refractivity contribution in [3.8, 4) is 5.75 Å². The maximum absolute atomic E-state index is 12.2. The summed E-state index contributed by atoms with van der Waals surface area (Å²) in [5.74, 6) is -1.49. The lowest BCUT2D eigenvalue weighted by Crippen LogP contribution is -2.18. The molecule has 0 aliphatic carbocycles. The van der Waals surface area contributed by atoms with Gasteiger partial charge in [0.2, 0.25) is 0 Å². The maximum atomic E-state index is 12.2. The summed E-state index contributed by atoms with van der Waals surface area (Å²) >= 11 is 5.87. The van der Waals surface area contributed by atoms with Crippen molar-refractivity contribution in [3.63, 3.8) is 0 Å². The van der Waals surface area contributed by atoms with E-state index in [1.807, 2.05) is 0 Å². The predicted molar refractivity (Wildman–Crippen MR) is 77.2 cm³/mol. The number of nitrogens with zero attached hydrogens (tertiary/aromatic N) is 1. The van der Waals surface area contributed by atoms with Gasteiger partial charge in [0, 0.05) is 11.2 Å². The minimum atomic E-state index is -1.23. The van der Waals surface area contributed by atoms with Gasteiger partial charge in [-0.3, -0.25) is 9.78 Å². The van der Waals surface area contributed by atoms with E-state index in [0.29, 0.717) is 16.5 Å². The van der Waals surface area contributed by atoms with Crippen molar-refractivity contribution < 1.29 is 19.4 Å². The molecule has 0 spiro atoms. The predicted octanol–water partition coefficient (Wildman–Crippen LogP) is 2.69. The van der Waals surface area contributed by atoms with Crippen molar-refractivity contribution in [2.45, 2.75) is 0 Å². The van der Waals surface area contributed by atoms with Gasteiger partial charge in [0.25, 0.3) is 5.91 Å². The van der Waals surface area contributed by atoms with Crippen LogP contribution in [0.2, 0.25) is 5.02 Å². The van der Waals surface area contributed by atoms with E-state index in [1.165, 1.54) is 31.5 Å². The molecule has 1 aromatic heterocycles. The van der Waals surface area contributed by atoms with Crippen LogP contribution in [-0.4, -0.2) is 29.1 Å². The average molecular weight is 307 g/mol. The molecule has 2 N–H and O–H groups in total. The first-order valence-electron chi connectivity index (χ1n) is 5.86. The number of halogens is 1. The number of ether oxygens (including phenoxy) is 1. The Bertz CT molecular complexity index is 703. The van der Waals surface area contributed by atoms with Crippen molar-refractivity contribution in [3.05, 3.63) is 52.8 Å². The number of nitrogens with one attached hydrogen (secondary N) is 1. The standard InChI is InChI=1S/C14H11ClN2O4/c1-21-11-5-4-8(15)7-10(11)17-13(18)12-9(14(19)20)3-2-6-16-12/h2-7H,1H3,(H,17,18)(H,19,20). The van der Waals surface area contributed by atoms with Crippen LogP contribution in [0.15, 0.2) is 36.5 Å². The molecule has 0 saturated heterocycles. The second kappa shape index (κ2) is 6.23. The number of amides is 1. The highest BCUT2D eigenvalue weighted by molar-refractivity contribution is 6.31. The highest BCUT2D eigenvalue weighted by Gasteiger charge is 2.18. The van der Waals surface area contributed by atoms with Crippen LogP contribution in [0, 0.1) is 0 Å². The SMILES string of the molecule is COc1ccc(Cl)cc1NC(=O)c1ncccc1C(=O)O. The summed E-state index contributed by atoms with van der Waals surface area (Å²) in [4.78, 5) is 27.1. The van der Waals surface area contributed by atoms with Gasteiger partial charge in [0.05, 0.1) is 18.4 Å². The third kappa shape index (κ3) is 3.29. The van der Waals surface area contributed by atoms with E-state index in [1.54, 1.807) is 12.1 Å². The van der Waals surface area contributed by atoms with Crippen LogP contribution in [0.25, 0.3) is 0 Å². The van der Waals surface area contributed by atoms with E-state index >= 15 is 0 Å². The fraction of sp³-hybridized carbons (Fsp3) is 0.0714. The smallest absolute Gasteiger partial charge is 0.338 e. The van der Waals surface area contributed by atoms with Crippen molar-refractivity contribution in [2.24, 2.45) is 0 Å². The summed E-state index contributed by atoms with van der Waals surface area (Å²) in [5, 5.41) is 12.0. The number of aromatic carboxylic acids is 1. The second-order valence-corrected chi connectivity index (χ2v) is 4.44. The molecule has 0 fully saturated rings. The number of carbonyl (C=O) groups is 2. The number of hydrogen-bond acceptors (Lipinski definition) is 4. The normalized spacial score (nSPS) is 10.0. The fourth-order valence-corrected chi connectivity index (χ4v) is 1.89. The van der Waals surface area contributed by atoms with Crippen molar-refractivity contribution >= 4 is 29.2 Å². The Kier molecular flexibility index (Phi) is 4.39. The summed E-state index contributed by atoms with van der Waals surface area (Å²) < 4.78 is 5.10. The van der Waals surface area contributed by atoms with Crippen LogP contribution in [-0.2, 0) is 0 Å². The molecular weight excluding hydrogens is 296 g/mol. The first-order chi connectivity index (χ1) is 10.0. The quantitative estimate of drug-likeness (QED) is 0.906. The molecule has 1 aromatic carbocycles. The summed E-state index contributed by atoms with van der Waals surface area (Å²) in [6.45, 7) is 0. The Labute approximate surface area is 125 Å². The van der Waals surface area contributed by atoms with Crippen LogP contribution in [0.3, 0.4) is 0 Å². The van der Waals surface area contributed by atoms with Gasteiger partial charge in [-0.25, -0.2) is 4.79 Å². The number of pyridine rings is 1. The molecule has 0 unspecified atom stereocenters. The van der Waals surface area contributed by atoms with Crippen LogP contribution in [0.4, 0.5) is 5.69 Å². The number of carbonyl (C=O) groups excluding carboxylic acids is 1. The third-order valence-electron chi connectivity index (χ3n) is 2.66. The summed E-state index contributed by atoms with van der Waals surface area (Å²) in [5.41, 5.74) is -0.0417. The van der Waals surface area contributed by atoms with Gasteiger partial charge in [-0.1, -0.05) is 11.6 Å². The van der Waals surface area contributed by atoms with E-state index in [-0.39, 0.29) is 11.3 Å². The van der Waals surface area contributed by atoms with Gasteiger partial charge in [0.15, 0.2) is 0 Å². The first kappa shape index (κ1) is 14.8. The second-order valence-electron chi connectivity index (χ2n) is 4.00. The molecule has 21 heavy (non-hydrogen) atoms. The largest absolute Gasteiger partial charge is 0.495 e. The highest BCUT2D eigenvalue weighted by atomic mass is 35.5. The zero-order valence-electron chi connectivity index (χ0n) is 11.0. The Morgan fingerprint density at radius 3 is 2.76 bits per heavy atom. The Hall–Kier alpha value is -2.60. The minimum Gasteiger partial charge on any atom is -0.495 e. The maximum Gasteiger partial charge on any atom is 0.338 e. The molecule has 6 nitrogen and oxygen atoms in total. The number of carboxylic acid groups (broad SMARTS) is 1. The van der Waals surface area contributed by atoms with Gasteiger partial charge in [-0.05, 0) is 30.3 Å². The van der Waals surface area contributed by atoms with Gasteiger partial charge < -0.3 is 15.2 Å². The first-order valence-corrected chi connectivity index (χ1v) is 6.24. The molecule has 0 saturated carbocycles. The topological polar surface area (TPSA) is 88.5 Å². The van der Waals surface area contributed by atoms with Crippen molar-refractivity contribution in [1.82, 2.24) is 4.98 Å². The van der Waals surface area contributed by atoms with Gasteiger partial charge in [-0.2, -0.15) is 0 Å². The molecule has 0 atom stereocenters. The molecule has 1 amide bonds. The minimum absolute atomic E-state index is 0.184.